The maximum atomic E-state index is 12.4. The largest absolute Gasteiger partial charge is 0.503 e. The Labute approximate surface area is 141 Å². The summed E-state index contributed by atoms with van der Waals surface area (Å²) in [6.07, 6.45) is 1.67. The maximum Gasteiger partial charge on any atom is 0.290 e. The van der Waals surface area contributed by atoms with Crippen LogP contribution in [-0.4, -0.2) is 42.5 Å². The van der Waals surface area contributed by atoms with Gasteiger partial charge in [-0.25, -0.2) is 0 Å². The van der Waals surface area contributed by atoms with Crippen molar-refractivity contribution in [3.05, 3.63) is 35.1 Å². The first-order chi connectivity index (χ1) is 11.5. The van der Waals surface area contributed by atoms with Crippen LogP contribution in [0.4, 0.5) is 0 Å². The highest BCUT2D eigenvalue weighted by molar-refractivity contribution is 6.08. The first kappa shape index (κ1) is 17.8. The monoisotopic (exact) mass is 333 g/mol. The molecule has 1 heterocycles. The van der Waals surface area contributed by atoms with Crippen LogP contribution in [0.5, 0.6) is 11.5 Å². The van der Waals surface area contributed by atoms with Gasteiger partial charge < -0.3 is 19.5 Å². The van der Waals surface area contributed by atoms with Crippen LogP contribution >= 0.6 is 0 Å². The number of ketones is 1. The minimum atomic E-state index is -0.651. The number of aliphatic hydroxyl groups is 1. The molecular formula is C18H23NO5. The molecule has 6 heteroatoms. The predicted octanol–water partition coefficient (Wildman–Crippen LogP) is 2.79. The van der Waals surface area contributed by atoms with Crippen LogP contribution in [0.1, 0.15) is 38.3 Å². The molecule has 1 atom stereocenters. The molecule has 1 aromatic carbocycles. The first-order valence-corrected chi connectivity index (χ1v) is 7.93. The third-order valence-electron chi connectivity index (χ3n) is 4.17. The fraction of sp³-hybridized carbons (Fsp3) is 0.444. The van der Waals surface area contributed by atoms with Crippen LogP contribution in [0.15, 0.2) is 29.5 Å². The fourth-order valence-electron chi connectivity index (χ4n) is 2.94. The van der Waals surface area contributed by atoms with E-state index in [0.29, 0.717) is 23.6 Å². The van der Waals surface area contributed by atoms with E-state index in [0.717, 1.165) is 12.8 Å². The number of unbranched alkanes of at least 4 members (excludes halogenated alkanes) is 1. The van der Waals surface area contributed by atoms with Gasteiger partial charge in [-0.2, -0.15) is 0 Å². The molecule has 0 unspecified atom stereocenters. The molecule has 24 heavy (non-hydrogen) atoms. The highest BCUT2D eigenvalue weighted by Crippen LogP contribution is 2.42. The fourth-order valence-corrected chi connectivity index (χ4v) is 2.94. The van der Waals surface area contributed by atoms with Crippen molar-refractivity contribution in [2.45, 2.75) is 32.7 Å². The molecule has 0 radical (unpaired) electrons. The van der Waals surface area contributed by atoms with Gasteiger partial charge in [0.25, 0.3) is 5.91 Å². The summed E-state index contributed by atoms with van der Waals surface area (Å²) >= 11 is 0. The molecule has 130 valence electrons. The molecule has 0 saturated heterocycles. The zero-order chi connectivity index (χ0) is 17.9. The summed E-state index contributed by atoms with van der Waals surface area (Å²) in [5, 5.41) is 10.2. The summed E-state index contributed by atoms with van der Waals surface area (Å²) in [6, 6.07) is 4.55. The Morgan fingerprint density at radius 1 is 1.29 bits per heavy atom. The summed E-state index contributed by atoms with van der Waals surface area (Å²) in [6.45, 7) is 3.82. The number of hydrogen-bond donors (Lipinski definition) is 1. The molecule has 0 aromatic heterocycles. The molecule has 0 fully saturated rings. The van der Waals surface area contributed by atoms with Crippen molar-refractivity contribution in [3.63, 3.8) is 0 Å². The van der Waals surface area contributed by atoms with Crippen LogP contribution in [0.2, 0.25) is 0 Å². The lowest BCUT2D eigenvalue weighted by molar-refractivity contribution is -0.129. The van der Waals surface area contributed by atoms with E-state index >= 15 is 0 Å². The molecule has 0 bridgehead atoms. The van der Waals surface area contributed by atoms with Crippen LogP contribution in [0.3, 0.4) is 0 Å². The second-order valence-electron chi connectivity index (χ2n) is 5.68. The van der Waals surface area contributed by atoms with Crippen molar-refractivity contribution in [1.29, 1.82) is 0 Å². The second kappa shape index (κ2) is 7.38. The third kappa shape index (κ3) is 3.09. The Kier molecular flexibility index (Phi) is 5.49. The minimum Gasteiger partial charge on any atom is -0.503 e. The normalized spacial score (nSPS) is 17.4. The summed E-state index contributed by atoms with van der Waals surface area (Å²) in [4.78, 5) is 26.0. The zero-order valence-corrected chi connectivity index (χ0v) is 14.5. The van der Waals surface area contributed by atoms with E-state index in [1.54, 1.807) is 25.3 Å². The van der Waals surface area contributed by atoms with Gasteiger partial charge in [-0.05, 0) is 25.5 Å². The van der Waals surface area contributed by atoms with E-state index in [1.165, 1.54) is 18.9 Å². The Morgan fingerprint density at radius 2 is 2.00 bits per heavy atom. The lowest BCUT2D eigenvalue weighted by Crippen LogP contribution is -2.32. The Bertz CT molecular complexity index is 680. The number of carbonyl (C=O) groups is 2. The molecule has 0 spiro atoms. The molecule has 2 rings (SSSR count). The van der Waals surface area contributed by atoms with Gasteiger partial charge in [-0.15, -0.1) is 0 Å². The quantitative estimate of drug-likeness (QED) is 0.830. The van der Waals surface area contributed by atoms with Crippen LogP contribution < -0.4 is 9.47 Å². The molecule has 6 nitrogen and oxygen atoms in total. The minimum absolute atomic E-state index is 0.111. The number of carbonyl (C=O) groups excluding carboxylic acids is 2. The smallest absolute Gasteiger partial charge is 0.290 e. The topological polar surface area (TPSA) is 76.1 Å². The van der Waals surface area contributed by atoms with Gasteiger partial charge in [0.2, 0.25) is 0 Å². The summed E-state index contributed by atoms with van der Waals surface area (Å²) in [5.41, 5.74) is 0.761. The molecule has 1 aromatic rings. The van der Waals surface area contributed by atoms with Crippen molar-refractivity contribution in [2.24, 2.45) is 0 Å². The molecular weight excluding hydrogens is 310 g/mol. The van der Waals surface area contributed by atoms with Gasteiger partial charge in [0, 0.05) is 18.2 Å². The Morgan fingerprint density at radius 3 is 2.54 bits per heavy atom. The summed E-state index contributed by atoms with van der Waals surface area (Å²) < 4.78 is 10.6. The molecule has 1 aliphatic rings. The number of hydrogen-bond acceptors (Lipinski definition) is 5. The van der Waals surface area contributed by atoms with Crippen molar-refractivity contribution in [1.82, 2.24) is 4.90 Å². The number of amides is 1. The SMILES string of the molecule is CCCCN1C(=O)C(O)=C(C(C)=O)[C@H]1c1ccc(OC)cc1OC. The van der Waals surface area contributed by atoms with Gasteiger partial charge in [0.05, 0.1) is 25.8 Å². The van der Waals surface area contributed by atoms with E-state index in [1.807, 2.05) is 6.92 Å². The predicted molar refractivity (Wildman–Crippen MR) is 89.2 cm³/mol. The van der Waals surface area contributed by atoms with E-state index in [9.17, 15) is 14.7 Å². The van der Waals surface area contributed by atoms with E-state index in [-0.39, 0.29) is 11.4 Å². The molecule has 1 N–H and O–H groups in total. The first-order valence-electron chi connectivity index (χ1n) is 7.93. The number of benzene rings is 1. The van der Waals surface area contributed by atoms with Crippen molar-refractivity contribution in [3.8, 4) is 11.5 Å². The number of nitrogens with zero attached hydrogens (tertiary/aromatic N) is 1. The lowest BCUT2D eigenvalue weighted by atomic mass is 9.95. The Hall–Kier alpha value is -2.50. The van der Waals surface area contributed by atoms with Gasteiger partial charge in [0.15, 0.2) is 11.5 Å². The summed E-state index contributed by atoms with van der Waals surface area (Å²) in [7, 11) is 3.07. The number of ether oxygens (including phenoxy) is 2. The third-order valence-corrected chi connectivity index (χ3v) is 4.17. The number of aliphatic hydroxyl groups excluding tert-OH is 1. The standard InChI is InChI=1S/C18H23NO5/c1-5-6-9-19-16(15(11(2)20)17(21)18(19)22)13-8-7-12(23-3)10-14(13)24-4/h7-8,10,16,21H,5-6,9H2,1-4H3/t16-/m1/s1. The molecule has 1 aliphatic heterocycles. The number of methoxy groups -OCH3 is 2. The number of rotatable bonds is 7. The molecule has 0 aliphatic carbocycles. The zero-order valence-electron chi connectivity index (χ0n) is 14.5. The highest BCUT2D eigenvalue weighted by atomic mass is 16.5. The lowest BCUT2D eigenvalue weighted by Gasteiger charge is -2.27. The van der Waals surface area contributed by atoms with Crippen molar-refractivity contribution >= 4 is 11.7 Å². The van der Waals surface area contributed by atoms with Gasteiger partial charge in [-0.1, -0.05) is 13.3 Å². The van der Waals surface area contributed by atoms with Gasteiger partial charge in [-0.3, -0.25) is 9.59 Å². The highest BCUT2D eigenvalue weighted by Gasteiger charge is 2.43. The van der Waals surface area contributed by atoms with E-state index in [2.05, 4.69) is 0 Å². The average Bonchev–Trinajstić information content (AvgIpc) is 2.83. The van der Waals surface area contributed by atoms with Crippen molar-refractivity contribution < 1.29 is 24.2 Å². The average molecular weight is 333 g/mol. The maximum absolute atomic E-state index is 12.4. The van der Waals surface area contributed by atoms with Gasteiger partial charge in [0.1, 0.15) is 11.5 Å². The Balaban J connectivity index is 2.57. The second-order valence-corrected chi connectivity index (χ2v) is 5.68. The van der Waals surface area contributed by atoms with Crippen molar-refractivity contribution in [2.75, 3.05) is 20.8 Å². The molecule has 1 amide bonds. The summed E-state index contributed by atoms with van der Waals surface area (Å²) in [5.74, 6) is -0.208. The van der Waals surface area contributed by atoms with E-state index in [4.69, 9.17) is 9.47 Å². The van der Waals surface area contributed by atoms with E-state index < -0.39 is 17.7 Å². The van der Waals surface area contributed by atoms with Crippen LogP contribution in [0, 0.1) is 0 Å². The van der Waals surface area contributed by atoms with Gasteiger partial charge >= 0.3 is 0 Å². The van der Waals surface area contributed by atoms with Crippen LogP contribution in [0.25, 0.3) is 0 Å². The molecule has 0 saturated carbocycles. The number of Topliss-reactive ketones (excluding diaryl/α,β-unsaturated/α-hetero) is 1. The van der Waals surface area contributed by atoms with Crippen LogP contribution in [-0.2, 0) is 9.59 Å².